The van der Waals surface area contributed by atoms with E-state index in [1.807, 2.05) is 0 Å². The Kier molecular flexibility index (Phi) is 8.87. The molecule has 1 N–H and O–H groups in total. The van der Waals surface area contributed by atoms with Crippen LogP contribution in [0.3, 0.4) is 0 Å². The Bertz CT molecular complexity index is 329. The molecule has 106 valence electrons. The average Bonchev–Trinajstić information content (AvgIpc) is 2.46. The fourth-order valence-corrected chi connectivity index (χ4v) is 2.20. The van der Waals surface area contributed by atoms with Crippen LogP contribution in [-0.2, 0) is 0 Å². The minimum absolute atomic E-state index is 0.682. The highest BCUT2D eigenvalue weighted by molar-refractivity contribution is 5.18. The van der Waals surface area contributed by atoms with E-state index >= 15 is 0 Å². The van der Waals surface area contributed by atoms with Crippen LogP contribution in [0.1, 0.15) is 63.9 Å². The molecule has 0 spiro atoms. The number of rotatable bonds is 10. The van der Waals surface area contributed by atoms with Gasteiger partial charge in [-0.1, -0.05) is 69.5 Å². The molecule has 1 nitrogen and oxygen atoms in total. The van der Waals surface area contributed by atoms with Crippen molar-refractivity contribution in [2.24, 2.45) is 0 Å². The van der Waals surface area contributed by atoms with E-state index < -0.39 is 0 Å². The van der Waals surface area contributed by atoms with Crippen molar-refractivity contribution in [3.05, 3.63) is 48.2 Å². The third-order valence-corrected chi connectivity index (χ3v) is 3.54. The van der Waals surface area contributed by atoms with E-state index in [1.54, 1.807) is 0 Å². The van der Waals surface area contributed by atoms with E-state index in [1.165, 1.54) is 44.1 Å². The van der Waals surface area contributed by atoms with Gasteiger partial charge in [-0.05, 0) is 36.9 Å². The first-order chi connectivity index (χ1) is 9.34. The summed E-state index contributed by atoms with van der Waals surface area (Å²) < 4.78 is 0. The Hall–Kier alpha value is -1.24. The van der Waals surface area contributed by atoms with Crippen molar-refractivity contribution >= 4 is 0 Å². The summed E-state index contributed by atoms with van der Waals surface area (Å²) in [6.07, 6.45) is 12.0. The molecule has 0 saturated heterocycles. The number of hydrogen-bond acceptors (Lipinski definition) is 1. The molecule has 1 heteroatoms. The van der Waals surface area contributed by atoms with E-state index in [2.05, 4.69) is 61.8 Å². The third kappa shape index (κ3) is 7.71. The summed E-state index contributed by atoms with van der Waals surface area (Å²) in [5, 5.41) is 3.38. The van der Waals surface area contributed by atoms with Crippen LogP contribution in [0.5, 0.6) is 0 Å². The zero-order chi connectivity index (χ0) is 13.8. The Labute approximate surface area is 119 Å². The maximum absolute atomic E-state index is 3.38. The second kappa shape index (κ2) is 10.7. The molecule has 0 aliphatic heterocycles. The zero-order valence-electron chi connectivity index (χ0n) is 12.6. The largest absolute Gasteiger partial charge is 0.391 e. The number of hydrogen-bond donors (Lipinski definition) is 1. The monoisotopic (exact) mass is 259 g/mol. The Morgan fingerprint density at radius 3 is 2.63 bits per heavy atom. The predicted molar refractivity (Wildman–Crippen MR) is 85.4 cm³/mol. The van der Waals surface area contributed by atoms with Crippen LogP contribution in [-0.4, -0.2) is 6.54 Å². The molecule has 0 aliphatic carbocycles. The number of unbranched alkanes of at least 4 members (excludes halogenated alkanes) is 3. The van der Waals surface area contributed by atoms with E-state index in [4.69, 9.17) is 0 Å². The molecule has 1 aromatic rings. The summed E-state index contributed by atoms with van der Waals surface area (Å²) in [5.74, 6) is 0.682. The topological polar surface area (TPSA) is 12.0 Å². The fourth-order valence-electron chi connectivity index (χ4n) is 2.20. The maximum atomic E-state index is 3.38. The first-order valence-electron chi connectivity index (χ1n) is 7.78. The molecule has 0 aliphatic rings. The summed E-state index contributed by atoms with van der Waals surface area (Å²) in [7, 11) is 0. The van der Waals surface area contributed by atoms with Crippen LogP contribution in [0.25, 0.3) is 0 Å². The standard InChI is InChI=1S/C18H29N/c1-3-4-5-10-15-19-16-11-9-12-17(2)18-13-7-6-8-14-18/h6-8,10,13-15,17,19H,3-5,9,11-12,16H2,1-2H3. The van der Waals surface area contributed by atoms with Crippen LogP contribution < -0.4 is 5.32 Å². The zero-order valence-corrected chi connectivity index (χ0v) is 12.6. The summed E-state index contributed by atoms with van der Waals surface area (Å²) in [6, 6.07) is 10.8. The fraction of sp³-hybridized carbons (Fsp3) is 0.556. The third-order valence-electron chi connectivity index (χ3n) is 3.54. The molecule has 0 fully saturated rings. The molecule has 1 atom stereocenters. The second-order valence-electron chi connectivity index (χ2n) is 5.31. The first kappa shape index (κ1) is 15.8. The molecule has 0 heterocycles. The van der Waals surface area contributed by atoms with Gasteiger partial charge in [0.25, 0.3) is 0 Å². The Balaban J connectivity index is 2.00. The molecule has 1 unspecified atom stereocenters. The van der Waals surface area contributed by atoms with Crippen molar-refractivity contribution in [2.45, 2.75) is 58.3 Å². The van der Waals surface area contributed by atoms with Gasteiger partial charge in [0.15, 0.2) is 0 Å². The lowest BCUT2D eigenvalue weighted by Crippen LogP contribution is -2.07. The molecule has 1 aromatic carbocycles. The smallest absolute Gasteiger partial charge is 0.0141 e. The van der Waals surface area contributed by atoms with Gasteiger partial charge in [0.1, 0.15) is 0 Å². The first-order valence-corrected chi connectivity index (χ1v) is 7.78. The molecular weight excluding hydrogens is 230 g/mol. The van der Waals surface area contributed by atoms with Gasteiger partial charge in [0.2, 0.25) is 0 Å². The summed E-state index contributed by atoms with van der Waals surface area (Å²) in [4.78, 5) is 0. The second-order valence-corrected chi connectivity index (χ2v) is 5.31. The Morgan fingerprint density at radius 2 is 1.89 bits per heavy atom. The molecule has 0 amide bonds. The van der Waals surface area contributed by atoms with Crippen LogP contribution in [0.2, 0.25) is 0 Å². The minimum atomic E-state index is 0.682. The van der Waals surface area contributed by atoms with Crippen molar-refractivity contribution < 1.29 is 0 Å². The van der Waals surface area contributed by atoms with Crippen molar-refractivity contribution in [2.75, 3.05) is 6.54 Å². The molecule has 1 rings (SSSR count). The van der Waals surface area contributed by atoms with E-state index in [0.29, 0.717) is 5.92 Å². The lowest BCUT2D eigenvalue weighted by molar-refractivity contribution is 0.593. The van der Waals surface area contributed by atoms with Crippen LogP contribution >= 0.6 is 0 Å². The minimum Gasteiger partial charge on any atom is -0.391 e. The van der Waals surface area contributed by atoms with E-state index in [0.717, 1.165) is 6.54 Å². The number of allylic oxidation sites excluding steroid dienone is 1. The van der Waals surface area contributed by atoms with Gasteiger partial charge in [0, 0.05) is 6.54 Å². The molecule has 19 heavy (non-hydrogen) atoms. The van der Waals surface area contributed by atoms with Gasteiger partial charge in [-0.25, -0.2) is 0 Å². The maximum Gasteiger partial charge on any atom is 0.0141 e. The summed E-state index contributed by atoms with van der Waals surface area (Å²) in [5.41, 5.74) is 1.47. The lowest BCUT2D eigenvalue weighted by atomic mass is 9.95. The van der Waals surface area contributed by atoms with Crippen molar-refractivity contribution in [1.29, 1.82) is 0 Å². The van der Waals surface area contributed by atoms with Gasteiger partial charge in [-0.3, -0.25) is 0 Å². The highest BCUT2D eigenvalue weighted by Crippen LogP contribution is 2.20. The van der Waals surface area contributed by atoms with Crippen molar-refractivity contribution in [3.8, 4) is 0 Å². The number of nitrogens with one attached hydrogen (secondary N) is 1. The van der Waals surface area contributed by atoms with Crippen LogP contribution in [0, 0.1) is 0 Å². The quantitative estimate of drug-likeness (QED) is 0.566. The highest BCUT2D eigenvalue weighted by atomic mass is 14.8. The molecular formula is C18H29N. The highest BCUT2D eigenvalue weighted by Gasteiger charge is 2.03. The SMILES string of the molecule is CCCCC=CNCCCCC(C)c1ccccc1. The van der Waals surface area contributed by atoms with Gasteiger partial charge in [-0.15, -0.1) is 0 Å². The van der Waals surface area contributed by atoms with Crippen LogP contribution in [0.15, 0.2) is 42.6 Å². The average molecular weight is 259 g/mol. The van der Waals surface area contributed by atoms with Crippen molar-refractivity contribution in [1.82, 2.24) is 5.32 Å². The van der Waals surface area contributed by atoms with Gasteiger partial charge < -0.3 is 5.32 Å². The van der Waals surface area contributed by atoms with Gasteiger partial charge >= 0.3 is 0 Å². The van der Waals surface area contributed by atoms with E-state index in [-0.39, 0.29) is 0 Å². The summed E-state index contributed by atoms with van der Waals surface area (Å²) in [6.45, 7) is 5.66. The molecule has 0 bridgehead atoms. The summed E-state index contributed by atoms with van der Waals surface area (Å²) >= 11 is 0. The van der Waals surface area contributed by atoms with Crippen molar-refractivity contribution in [3.63, 3.8) is 0 Å². The molecule has 0 radical (unpaired) electrons. The normalized spacial score (nSPS) is 12.7. The van der Waals surface area contributed by atoms with Gasteiger partial charge in [-0.2, -0.15) is 0 Å². The Morgan fingerprint density at radius 1 is 1.11 bits per heavy atom. The van der Waals surface area contributed by atoms with E-state index in [9.17, 15) is 0 Å². The predicted octanol–water partition coefficient (Wildman–Crippen LogP) is 5.25. The van der Waals surface area contributed by atoms with Crippen LogP contribution in [0.4, 0.5) is 0 Å². The lowest BCUT2D eigenvalue weighted by Gasteiger charge is -2.11. The van der Waals surface area contributed by atoms with Gasteiger partial charge in [0.05, 0.1) is 0 Å². The molecule has 0 saturated carbocycles. The molecule has 0 aromatic heterocycles. The number of benzene rings is 1.